The highest BCUT2D eigenvalue weighted by molar-refractivity contribution is 14.1. The quantitative estimate of drug-likeness (QED) is 0.405. The Morgan fingerprint density at radius 2 is 1.50 bits per heavy atom. The van der Waals surface area contributed by atoms with Gasteiger partial charge in [0.1, 0.15) is 0 Å². The van der Waals surface area contributed by atoms with Crippen molar-refractivity contribution in [3.63, 3.8) is 0 Å². The normalized spacial score (nSPS) is 17.3. The van der Waals surface area contributed by atoms with Crippen molar-refractivity contribution in [1.29, 1.82) is 0 Å². The average molecular weight is 412 g/mol. The Balaban J connectivity index is 2.64. The van der Waals surface area contributed by atoms with E-state index in [2.05, 4.69) is 20.1 Å². The molecule has 6 heteroatoms. The number of thioether (sulfide) groups is 1. The zero-order valence-corrected chi connectivity index (χ0v) is 16.0. The molecular formula is C14H25IN2O2S. The maximum atomic E-state index is 12.7. The summed E-state index contributed by atoms with van der Waals surface area (Å²) < 4.78 is 0.163. The van der Waals surface area contributed by atoms with Crippen LogP contribution in [0.5, 0.6) is 0 Å². The Bertz CT molecular complexity index is 377. The fourth-order valence-corrected chi connectivity index (χ4v) is 3.71. The molecule has 1 fully saturated rings. The van der Waals surface area contributed by atoms with Crippen LogP contribution in [0.3, 0.4) is 0 Å². The van der Waals surface area contributed by atoms with Crippen LogP contribution in [0.25, 0.3) is 0 Å². The number of piperazine rings is 1. The molecule has 116 valence electrons. The van der Waals surface area contributed by atoms with E-state index in [4.69, 9.17) is 0 Å². The summed E-state index contributed by atoms with van der Waals surface area (Å²) in [6, 6.07) is 0. The van der Waals surface area contributed by atoms with E-state index in [1.165, 1.54) is 0 Å². The lowest BCUT2D eigenvalue weighted by Gasteiger charge is -2.40. The predicted octanol–water partition coefficient (Wildman–Crippen LogP) is 3.24. The molecule has 0 N–H and O–H groups in total. The summed E-state index contributed by atoms with van der Waals surface area (Å²) in [4.78, 5) is 27.7. The van der Waals surface area contributed by atoms with Gasteiger partial charge in [0.05, 0.1) is 0 Å². The zero-order chi connectivity index (χ0) is 15.6. The van der Waals surface area contributed by atoms with E-state index in [1.807, 2.05) is 18.7 Å². The van der Waals surface area contributed by atoms with Gasteiger partial charge in [0.2, 0.25) is 5.91 Å². The van der Waals surface area contributed by atoms with E-state index in [9.17, 15) is 9.59 Å². The monoisotopic (exact) mass is 412 g/mol. The highest BCUT2D eigenvalue weighted by Crippen LogP contribution is 2.37. The van der Waals surface area contributed by atoms with Crippen LogP contribution < -0.4 is 0 Å². The molecule has 20 heavy (non-hydrogen) atoms. The van der Waals surface area contributed by atoms with Gasteiger partial charge in [-0.3, -0.25) is 9.59 Å². The lowest BCUT2D eigenvalue weighted by molar-refractivity contribution is -0.142. The zero-order valence-electron chi connectivity index (χ0n) is 13.0. The van der Waals surface area contributed by atoms with Crippen LogP contribution in [0.2, 0.25) is 0 Å². The van der Waals surface area contributed by atoms with Crippen molar-refractivity contribution in [2.24, 2.45) is 5.41 Å². The molecule has 2 amide bonds. The number of rotatable bonds is 4. The Morgan fingerprint density at radius 3 is 1.90 bits per heavy atom. The van der Waals surface area contributed by atoms with Gasteiger partial charge in [-0.2, -0.15) is 11.8 Å². The van der Waals surface area contributed by atoms with Gasteiger partial charge in [0.15, 0.2) is 0 Å². The van der Waals surface area contributed by atoms with Crippen LogP contribution in [-0.2, 0) is 4.79 Å². The molecular weight excluding hydrogens is 387 g/mol. The summed E-state index contributed by atoms with van der Waals surface area (Å²) in [5.74, 6) is 0.209. The van der Waals surface area contributed by atoms with Gasteiger partial charge in [0, 0.05) is 58.9 Å². The van der Waals surface area contributed by atoms with Crippen molar-refractivity contribution in [1.82, 2.24) is 9.80 Å². The summed E-state index contributed by atoms with van der Waals surface area (Å²) in [5.41, 5.74) is -0.358. The first kappa shape index (κ1) is 18.1. The van der Waals surface area contributed by atoms with E-state index in [-0.39, 0.29) is 20.0 Å². The molecule has 0 aromatic rings. The topological polar surface area (TPSA) is 40.6 Å². The molecule has 1 rings (SSSR count). The van der Waals surface area contributed by atoms with E-state index in [1.54, 1.807) is 39.3 Å². The number of carbonyl (C=O) groups is 2. The molecule has 1 saturated heterocycles. The van der Waals surface area contributed by atoms with Crippen molar-refractivity contribution in [3.8, 4) is 0 Å². The van der Waals surface area contributed by atoms with Gasteiger partial charge >= 0.3 is 0 Å². The second-order valence-corrected chi connectivity index (χ2v) is 8.99. The maximum Gasteiger partial charge on any atom is 0.283 e. The van der Waals surface area contributed by atoms with Crippen LogP contribution in [-0.4, -0.2) is 56.8 Å². The first-order valence-electron chi connectivity index (χ1n) is 6.88. The third-order valence-corrected chi connectivity index (χ3v) is 5.75. The van der Waals surface area contributed by atoms with Crippen LogP contribution in [0.15, 0.2) is 0 Å². The number of carbonyl (C=O) groups excluding carboxylic acids is 2. The Hall–Kier alpha value is 0.0200. The smallest absolute Gasteiger partial charge is 0.283 e. The third kappa shape index (κ3) is 4.79. The first-order chi connectivity index (χ1) is 9.09. The minimum atomic E-state index is -0.358. The van der Waals surface area contributed by atoms with Crippen molar-refractivity contribution in [3.05, 3.63) is 0 Å². The molecule has 1 heterocycles. The highest BCUT2D eigenvalue weighted by atomic mass is 127. The minimum absolute atomic E-state index is 0.0671. The van der Waals surface area contributed by atoms with Crippen LogP contribution in [0.4, 0.5) is 4.79 Å². The van der Waals surface area contributed by atoms with Crippen molar-refractivity contribution in [2.45, 2.75) is 38.9 Å². The van der Waals surface area contributed by atoms with Crippen molar-refractivity contribution < 1.29 is 9.59 Å². The minimum Gasteiger partial charge on any atom is -0.339 e. The Labute approximate surface area is 140 Å². The SMILES string of the molecule is CSC(C)(C)CC(C)(C)C(=O)N1CCN(C(=O)I)CC1. The van der Waals surface area contributed by atoms with E-state index >= 15 is 0 Å². The van der Waals surface area contributed by atoms with Crippen LogP contribution in [0.1, 0.15) is 34.1 Å². The van der Waals surface area contributed by atoms with Crippen LogP contribution >= 0.6 is 34.4 Å². The number of hydrogen-bond donors (Lipinski definition) is 0. The summed E-state index contributed by atoms with van der Waals surface area (Å²) >= 11 is 3.60. The third-order valence-electron chi connectivity index (χ3n) is 3.81. The Morgan fingerprint density at radius 1 is 1.05 bits per heavy atom. The van der Waals surface area contributed by atoms with Gasteiger partial charge < -0.3 is 9.80 Å². The molecule has 0 aromatic heterocycles. The first-order valence-corrected chi connectivity index (χ1v) is 9.18. The lowest BCUT2D eigenvalue weighted by Crippen LogP contribution is -2.53. The molecule has 0 atom stereocenters. The highest BCUT2D eigenvalue weighted by Gasteiger charge is 2.38. The predicted molar refractivity (Wildman–Crippen MR) is 93.6 cm³/mol. The molecule has 0 spiro atoms. The summed E-state index contributed by atoms with van der Waals surface area (Å²) in [7, 11) is 0. The Kier molecular flexibility index (Phi) is 6.19. The van der Waals surface area contributed by atoms with Crippen molar-refractivity contribution >= 4 is 44.2 Å². The molecule has 1 aliphatic rings. The van der Waals surface area contributed by atoms with Crippen LogP contribution in [0, 0.1) is 5.41 Å². The summed E-state index contributed by atoms with van der Waals surface area (Å²) in [6.07, 6.45) is 2.94. The second-order valence-electron chi connectivity index (χ2n) is 6.56. The molecule has 0 radical (unpaired) electrons. The summed E-state index contributed by atoms with van der Waals surface area (Å²) in [6.45, 7) is 11.0. The van der Waals surface area contributed by atoms with Gasteiger partial charge in [-0.15, -0.1) is 0 Å². The number of amides is 2. The molecule has 0 aliphatic carbocycles. The van der Waals surface area contributed by atoms with Gasteiger partial charge in [-0.05, 0) is 12.7 Å². The van der Waals surface area contributed by atoms with Gasteiger partial charge in [0.25, 0.3) is 3.91 Å². The fraction of sp³-hybridized carbons (Fsp3) is 0.857. The molecule has 0 unspecified atom stereocenters. The fourth-order valence-electron chi connectivity index (χ4n) is 2.73. The van der Waals surface area contributed by atoms with E-state index in [0.29, 0.717) is 26.2 Å². The van der Waals surface area contributed by atoms with E-state index < -0.39 is 0 Å². The molecule has 0 saturated carbocycles. The largest absolute Gasteiger partial charge is 0.339 e. The molecule has 0 bridgehead atoms. The second kappa shape index (κ2) is 6.85. The number of hydrogen-bond acceptors (Lipinski definition) is 3. The molecule has 1 aliphatic heterocycles. The maximum absolute atomic E-state index is 12.7. The average Bonchev–Trinajstić information content (AvgIpc) is 2.36. The lowest BCUT2D eigenvalue weighted by atomic mass is 9.82. The van der Waals surface area contributed by atoms with Crippen molar-refractivity contribution in [2.75, 3.05) is 32.4 Å². The molecule has 0 aromatic carbocycles. The number of nitrogens with zero attached hydrogens (tertiary/aromatic N) is 2. The van der Waals surface area contributed by atoms with Gasteiger partial charge in [-0.1, -0.05) is 27.7 Å². The standard InChI is InChI=1S/C14H25IN2O2S/c1-13(2,10-14(3,4)20-5)11(18)16-6-8-17(9-7-16)12(15)19/h6-10H2,1-5H3. The summed E-state index contributed by atoms with van der Waals surface area (Å²) in [5, 5.41) is 0. The van der Waals surface area contributed by atoms with E-state index in [0.717, 1.165) is 6.42 Å². The number of halogens is 1. The molecule has 4 nitrogen and oxygen atoms in total. The van der Waals surface area contributed by atoms with Gasteiger partial charge in [-0.25, -0.2) is 0 Å².